The summed E-state index contributed by atoms with van der Waals surface area (Å²) in [5.41, 5.74) is 5.18. The molecule has 150 valence electrons. The first kappa shape index (κ1) is 18.4. The van der Waals surface area contributed by atoms with E-state index in [0.29, 0.717) is 11.4 Å². The van der Waals surface area contributed by atoms with E-state index in [9.17, 15) is 9.59 Å². The Morgan fingerprint density at radius 1 is 1.10 bits per heavy atom. The highest BCUT2D eigenvalue weighted by molar-refractivity contribution is 6.08. The summed E-state index contributed by atoms with van der Waals surface area (Å²) in [6.45, 7) is 5.91. The molecule has 0 fully saturated rings. The maximum atomic E-state index is 13.4. The van der Waals surface area contributed by atoms with Crippen LogP contribution in [0.5, 0.6) is 0 Å². The quantitative estimate of drug-likeness (QED) is 0.500. The van der Waals surface area contributed by atoms with Crippen molar-refractivity contribution in [3.8, 4) is 5.69 Å². The number of nitrogens with zero attached hydrogens (tertiary/aromatic N) is 2. The van der Waals surface area contributed by atoms with Gasteiger partial charge in [-0.2, -0.15) is 5.10 Å². The number of hydrogen-bond acceptors (Lipinski definition) is 4. The molecular formula is C24H21N3O3. The molecule has 6 nitrogen and oxygen atoms in total. The largest absolute Gasteiger partial charge is 0.453 e. The van der Waals surface area contributed by atoms with E-state index >= 15 is 0 Å². The van der Waals surface area contributed by atoms with E-state index in [-0.39, 0.29) is 23.9 Å². The van der Waals surface area contributed by atoms with Crippen molar-refractivity contribution in [1.82, 2.24) is 9.78 Å². The van der Waals surface area contributed by atoms with Crippen molar-refractivity contribution in [3.63, 3.8) is 0 Å². The Hall–Kier alpha value is -3.67. The van der Waals surface area contributed by atoms with E-state index in [1.54, 1.807) is 10.7 Å². The van der Waals surface area contributed by atoms with Crippen molar-refractivity contribution in [2.75, 3.05) is 5.32 Å². The lowest BCUT2D eigenvalue weighted by atomic mass is 9.87. The summed E-state index contributed by atoms with van der Waals surface area (Å²) in [4.78, 5) is 25.9. The van der Waals surface area contributed by atoms with Gasteiger partial charge in [0.2, 0.25) is 11.7 Å². The summed E-state index contributed by atoms with van der Waals surface area (Å²) in [5.74, 6) is -0.217. The second kappa shape index (κ2) is 6.69. The fourth-order valence-corrected chi connectivity index (χ4v) is 4.31. The third-order valence-electron chi connectivity index (χ3n) is 5.54. The smallest absolute Gasteiger partial charge is 0.226 e. The maximum Gasteiger partial charge on any atom is 0.226 e. The van der Waals surface area contributed by atoms with Gasteiger partial charge in [-0.1, -0.05) is 24.3 Å². The van der Waals surface area contributed by atoms with Gasteiger partial charge in [0.15, 0.2) is 5.76 Å². The van der Waals surface area contributed by atoms with Crippen LogP contribution in [0.4, 0.5) is 5.82 Å². The lowest BCUT2D eigenvalue weighted by Crippen LogP contribution is -2.28. The van der Waals surface area contributed by atoms with Gasteiger partial charge in [0.05, 0.1) is 17.3 Å². The highest BCUT2D eigenvalue weighted by Crippen LogP contribution is 2.39. The first-order chi connectivity index (χ1) is 14.4. The second-order valence-electron chi connectivity index (χ2n) is 7.92. The number of nitrogens with one attached hydrogen (secondary N) is 1. The van der Waals surface area contributed by atoms with Gasteiger partial charge in [0, 0.05) is 17.4 Å². The van der Waals surface area contributed by atoms with Gasteiger partial charge in [-0.05, 0) is 56.2 Å². The van der Waals surface area contributed by atoms with Crippen LogP contribution in [0.25, 0.3) is 16.7 Å². The zero-order valence-corrected chi connectivity index (χ0v) is 17.0. The van der Waals surface area contributed by atoms with E-state index in [1.165, 1.54) is 0 Å². The number of Topliss-reactive ketones (excluding diaryl/α,β-unsaturated/α-hetero) is 1. The number of hydrogen-bond donors (Lipinski definition) is 1. The second-order valence-corrected chi connectivity index (χ2v) is 7.92. The molecule has 1 atom stereocenters. The number of aryl methyl sites for hydroxylation is 3. The Morgan fingerprint density at radius 3 is 2.57 bits per heavy atom. The van der Waals surface area contributed by atoms with E-state index < -0.39 is 5.92 Å². The van der Waals surface area contributed by atoms with E-state index in [2.05, 4.69) is 16.5 Å². The van der Waals surface area contributed by atoms with Gasteiger partial charge in [-0.15, -0.1) is 0 Å². The van der Waals surface area contributed by atoms with Crippen LogP contribution in [0.2, 0.25) is 0 Å². The number of furan rings is 1. The molecule has 0 saturated heterocycles. The third kappa shape index (κ3) is 2.92. The van der Waals surface area contributed by atoms with Crippen LogP contribution in [0.3, 0.4) is 0 Å². The Kier molecular flexibility index (Phi) is 4.10. The van der Waals surface area contributed by atoms with Crippen LogP contribution in [0, 0.1) is 20.8 Å². The number of aromatic nitrogens is 2. The monoisotopic (exact) mass is 399 g/mol. The molecule has 1 aliphatic heterocycles. The van der Waals surface area contributed by atoms with Crippen molar-refractivity contribution < 1.29 is 14.0 Å². The van der Waals surface area contributed by atoms with Crippen LogP contribution >= 0.6 is 0 Å². The molecule has 6 heteroatoms. The van der Waals surface area contributed by atoms with Crippen molar-refractivity contribution in [2.24, 2.45) is 0 Å². The molecule has 0 spiro atoms. The number of fused-ring (bicyclic) bond motifs is 2. The highest BCUT2D eigenvalue weighted by Gasteiger charge is 2.37. The van der Waals surface area contributed by atoms with Gasteiger partial charge in [0.1, 0.15) is 11.4 Å². The third-order valence-corrected chi connectivity index (χ3v) is 5.54. The van der Waals surface area contributed by atoms with Crippen molar-refractivity contribution in [2.45, 2.75) is 33.1 Å². The van der Waals surface area contributed by atoms with Crippen LogP contribution in [0.15, 0.2) is 52.9 Å². The summed E-state index contributed by atoms with van der Waals surface area (Å²) >= 11 is 0. The fourth-order valence-electron chi connectivity index (χ4n) is 4.31. The molecule has 0 unspecified atom stereocenters. The molecule has 0 aliphatic carbocycles. The van der Waals surface area contributed by atoms with Gasteiger partial charge >= 0.3 is 0 Å². The first-order valence-corrected chi connectivity index (χ1v) is 9.91. The zero-order valence-electron chi connectivity index (χ0n) is 17.0. The number of anilines is 1. The van der Waals surface area contributed by atoms with Crippen LogP contribution in [-0.4, -0.2) is 21.5 Å². The van der Waals surface area contributed by atoms with E-state index in [0.717, 1.165) is 33.5 Å². The molecule has 3 heterocycles. The molecule has 0 bridgehead atoms. The van der Waals surface area contributed by atoms with E-state index in [4.69, 9.17) is 4.42 Å². The summed E-state index contributed by atoms with van der Waals surface area (Å²) in [6, 6.07) is 15.3. The standard InChI is InChI=1S/C24H21N3O3/c1-13-8-14(2)10-17(9-13)27-24-22(15(3)26-27)18(12-21(28)25-24)23(29)20-11-16-6-4-5-7-19(16)30-20/h4-11,18H,12H2,1-3H3,(H,25,28)/t18-/m0/s1. The molecule has 0 radical (unpaired) electrons. The van der Waals surface area contributed by atoms with Crippen molar-refractivity contribution in [1.29, 1.82) is 0 Å². The summed E-state index contributed by atoms with van der Waals surface area (Å²) < 4.78 is 7.51. The predicted octanol–water partition coefficient (Wildman–Crippen LogP) is 4.85. The van der Waals surface area contributed by atoms with Gasteiger partial charge < -0.3 is 9.73 Å². The fraction of sp³-hybridized carbons (Fsp3) is 0.208. The topological polar surface area (TPSA) is 77.1 Å². The zero-order chi connectivity index (χ0) is 21.0. The Bertz CT molecular complexity index is 1280. The molecule has 2 aromatic carbocycles. The molecule has 0 saturated carbocycles. The number of rotatable bonds is 3. The van der Waals surface area contributed by atoms with Crippen molar-refractivity contribution >= 4 is 28.5 Å². The average Bonchev–Trinajstić information content (AvgIpc) is 3.27. The molecule has 1 amide bonds. The molecule has 30 heavy (non-hydrogen) atoms. The van der Waals surface area contributed by atoms with Crippen LogP contribution < -0.4 is 5.32 Å². The Labute approximate surface area is 173 Å². The van der Waals surface area contributed by atoms with Gasteiger partial charge in [-0.3, -0.25) is 9.59 Å². The van der Waals surface area contributed by atoms with Crippen molar-refractivity contribution in [3.05, 3.63) is 76.7 Å². The van der Waals surface area contributed by atoms with E-state index in [1.807, 2.05) is 57.2 Å². The number of amides is 1. The highest BCUT2D eigenvalue weighted by atomic mass is 16.3. The molecule has 1 aliphatic rings. The normalized spacial score (nSPS) is 15.8. The summed E-state index contributed by atoms with van der Waals surface area (Å²) in [6.07, 6.45) is 0.0717. The predicted molar refractivity (Wildman–Crippen MR) is 114 cm³/mol. The minimum Gasteiger partial charge on any atom is -0.453 e. The molecular weight excluding hydrogens is 378 g/mol. The minimum absolute atomic E-state index is 0.0717. The number of para-hydroxylation sites is 1. The van der Waals surface area contributed by atoms with Crippen LogP contribution in [-0.2, 0) is 4.79 Å². The van der Waals surface area contributed by atoms with Gasteiger partial charge in [0.25, 0.3) is 0 Å². The average molecular weight is 399 g/mol. The summed E-state index contributed by atoms with van der Waals surface area (Å²) in [5, 5.41) is 8.46. The minimum atomic E-state index is -0.631. The van der Waals surface area contributed by atoms with Gasteiger partial charge in [-0.25, -0.2) is 4.68 Å². The Balaban J connectivity index is 1.62. The molecule has 1 N–H and O–H groups in total. The Morgan fingerprint density at radius 2 is 1.83 bits per heavy atom. The number of benzene rings is 2. The lowest BCUT2D eigenvalue weighted by molar-refractivity contribution is -0.116. The number of carbonyl (C=O) groups is 2. The first-order valence-electron chi connectivity index (χ1n) is 9.91. The number of carbonyl (C=O) groups excluding carboxylic acids is 2. The molecule has 5 rings (SSSR count). The SMILES string of the molecule is Cc1cc(C)cc(-n2nc(C)c3c2NC(=O)C[C@@H]3C(=O)c2cc3ccccc3o2)c1. The lowest BCUT2D eigenvalue weighted by Gasteiger charge is -2.22. The molecule has 4 aromatic rings. The summed E-state index contributed by atoms with van der Waals surface area (Å²) in [7, 11) is 0. The molecule has 2 aromatic heterocycles. The van der Waals surface area contributed by atoms with Crippen LogP contribution in [0.1, 0.15) is 45.3 Å². The number of ketones is 1. The maximum absolute atomic E-state index is 13.4.